The van der Waals surface area contributed by atoms with Gasteiger partial charge in [0.15, 0.2) is 0 Å². The topological polar surface area (TPSA) is 64.4 Å². The average Bonchev–Trinajstić information content (AvgIpc) is 2.36. The van der Waals surface area contributed by atoms with Crippen LogP contribution in [0.25, 0.3) is 0 Å². The Morgan fingerprint density at radius 2 is 2.05 bits per heavy atom. The molecule has 0 aromatic heterocycles. The number of fused-ring (bicyclic) bond motifs is 1. The quantitative estimate of drug-likeness (QED) is 0.891. The third-order valence-electron chi connectivity index (χ3n) is 3.71. The lowest BCUT2D eigenvalue weighted by atomic mass is 9.89. The molecule has 1 aromatic carbocycles. The fourth-order valence-electron chi connectivity index (χ4n) is 2.50. The zero-order chi connectivity index (χ0) is 14.9. The molecule has 2 atom stereocenters. The largest absolute Gasteiger partial charge is 0.487 e. The van der Waals surface area contributed by atoms with Crippen LogP contribution in [0, 0.1) is 5.92 Å². The van der Waals surface area contributed by atoms with Gasteiger partial charge in [0.2, 0.25) is 5.91 Å². The molecular weight excluding hydrogens is 252 g/mol. The Bertz CT molecular complexity index is 497. The first-order valence-electron chi connectivity index (χ1n) is 7.14. The van der Waals surface area contributed by atoms with E-state index >= 15 is 0 Å². The Labute approximate surface area is 120 Å². The lowest BCUT2D eigenvalue weighted by molar-refractivity contribution is -0.124. The average molecular weight is 276 g/mol. The number of para-hydroxylation sites is 1. The van der Waals surface area contributed by atoms with Crippen LogP contribution in [0.2, 0.25) is 0 Å². The summed E-state index contributed by atoms with van der Waals surface area (Å²) >= 11 is 0. The molecule has 1 aliphatic heterocycles. The molecule has 3 N–H and O–H groups in total. The van der Waals surface area contributed by atoms with Crippen LogP contribution in [0.1, 0.15) is 45.7 Å². The van der Waals surface area contributed by atoms with Gasteiger partial charge in [-0.2, -0.15) is 0 Å². The summed E-state index contributed by atoms with van der Waals surface area (Å²) in [5, 5.41) is 3.07. The number of carbonyl (C=O) groups excluding carboxylic acids is 1. The minimum absolute atomic E-state index is 0.0488. The number of benzene rings is 1. The highest BCUT2D eigenvalue weighted by atomic mass is 16.5. The number of ether oxygens (including phenoxy) is 1. The molecule has 0 radical (unpaired) electrons. The van der Waals surface area contributed by atoms with Gasteiger partial charge in [-0.1, -0.05) is 32.0 Å². The fourth-order valence-corrected chi connectivity index (χ4v) is 2.50. The van der Waals surface area contributed by atoms with E-state index in [-0.39, 0.29) is 23.5 Å². The van der Waals surface area contributed by atoms with Gasteiger partial charge in [0.1, 0.15) is 11.4 Å². The van der Waals surface area contributed by atoms with Crippen LogP contribution in [0.5, 0.6) is 5.75 Å². The summed E-state index contributed by atoms with van der Waals surface area (Å²) in [6, 6.07) is 7.32. The number of nitrogens with two attached hydrogens (primary N) is 1. The molecule has 0 fully saturated rings. The van der Waals surface area contributed by atoms with Crippen molar-refractivity contribution in [3.05, 3.63) is 29.8 Å². The SMILES string of the molecule is CC(C)[C@H](N)C(=O)NC1CC(C)(C)Oc2ccccc21. The molecule has 20 heavy (non-hydrogen) atoms. The smallest absolute Gasteiger partial charge is 0.237 e. The Hall–Kier alpha value is -1.55. The molecule has 2 rings (SSSR count). The minimum atomic E-state index is -0.479. The Morgan fingerprint density at radius 3 is 2.70 bits per heavy atom. The number of amides is 1. The molecule has 0 bridgehead atoms. The van der Waals surface area contributed by atoms with E-state index in [2.05, 4.69) is 5.32 Å². The van der Waals surface area contributed by atoms with Crippen LogP contribution >= 0.6 is 0 Å². The van der Waals surface area contributed by atoms with E-state index in [0.29, 0.717) is 0 Å². The Morgan fingerprint density at radius 1 is 1.40 bits per heavy atom. The second-order valence-electron chi connectivity index (χ2n) is 6.43. The van der Waals surface area contributed by atoms with Crippen LogP contribution in [0.4, 0.5) is 0 Å². The highest BCUT2D eigenvalue weighted by molar-refractivity contribution is 5.82. The zero-order valence-corrected chi connectivity index (χ0v) is 12.6. The molecule has 1 heterocycles. The molecule has 1 aliphatic rings. The maximum Gasteiger partial charge on any atom is 0.237 e. The monoisotopic (exact) mass is 276 g/mol. The maximum atomic E-state index is 12.2. The van der Waals surface area contributed by atoms with E-state index in [1.807, 2.05) is 52.0 Å². The van der Waals surface area contributed by atoms with Crippen LogP contribution in [0.15, 0.2) is 24.3 Å². The predicted octanol–water partition coefficient (Wildman–Crippen LogP) is 2.39. The highest BCUT2D eigenvalue weighted by Gasteiger charge is 2.35. The normalized spacial score (nSPS) is 21.8. The molecule has 1 aromatic rings. The second kappa shape index (κ2) is 5.44. The van der Waals surface area contributed by atoms with Crippen LogP contribution in [0.3, 0.4) is 0 Å². The Balaban J connectivity index is 2.21. The highest BCUT2D eigenvalue weighted by Crippen LogP contribution is 2.39. The molecule has 110 valence electrons. The lowest BCUT2D eigenvalue weighted by Gasteiger charge is -2.38. The van der Waals surface area contributed by atoms with Crippen LogP contribution in [-0.2, 0) is 4.79 Å². The number of hydrogen-bond donors (Lipinski definition) is 2. The van der Waals surface area contributed by atoms with Gasteiger partial charge < -0.3 is 15.8 Å². The van der Waals surface area contributed by atoms with Crippen molar-refractivity contribution in [1.29, 1.82) is 0 Å². The van der Waals surface area contributed by atoms with Crippen molar-refractivity contribution in [1.82, 2.24) is 5.32 Å². The lowest BCUT2D eigenvalue weighted by Crippen LogP contribution is -2.48. The molecule has 1 amide bonds. The molecule has 0 saturated carbocycles. The number of rotatable bonds is 3. The van der Waals surface area contributed by atoms with Gasteiger partial charge in [0.25, 0.3) is 0 Å². The van der Waals surface area contributed by atoms with Crippen molar-refractivity contribution < 1.29 is 9.53 Å². The summed E-state index contributed by atoms with van der Waals surface area (Å²) in [5.41, 5.74) is 6.65. The minimum Gasteiger partial charge on any atom is -0.487 e. The first-order chi connectivity index (χ1) is 9.30. The van der Waals surface area contributed by atoms with Gasteiger partial charge >= 0.3 is 0 Å². The van der Waals surface area contributed by atoms with Crippen LogP contribution in [-0.4, -0.2) is 17.6 Å². The van der Waals surface area contributed by atoms with Crippen LogP contribution < -0.4 is 15.8 Å². The van der Waals surface area contributed by atoms with E-state index in [4.69, 9.17) is 10.5 Å². The van der Waals surface area contributed by atoms with Crippen molar-refractivity contribution in [3.8, 4) is 5.75 Å². The standard InChI is InChI=1S/C16H24N2O2/c1-10(2)14(17)15(19)18-12-9-16(3,4)20-13-8-6-5-7-11(12)13/h5-8,10,12,14H,9,17H2,1-4H3,(H,18,19)/t12?,14-/m0/s1. The summed E-state index contributed by atoms with van der Waals surface area (Å²) in [7, 11) is 0. The molecule has 0 saturated heterocycles. The van der Waals surface area contributed by atoms with Crippen molar-refractivity contribution in [3.63, 3.8) is 0 Å². The third-order valence-corrected chi connectivity index (χ3v) is 3.71. The number of hydrogen-bond acceptors (Lipinski definition) is 3. The van der Waals surface area contributed by atoms with Gasteiger partial charge in [-0.3, -0.25) is 4.79 Å². The molecule has 0 aliphatic carbocycles. The summed E-state index contributed by atoms with van der Waals surface area (Å²) in [4.78, 5) is 12.2. The van der Waals surface area contributed by atoms with E-state index in [9.17, 15) is 4.79 Å². The maximum absolute atomic E-state index is 12.2. The molecular formula is C16H24N2O2. The van der Waals surface area contributed by atoms with E-state index in [0.717, 1.165) is 17.7 Å². The van der Waals surface area contributed by atoms with E-state index in [1.54, 1.807) is 0 Å². The van der Waals surface area contributed by atoms with Gasteiger partial charge in [0, 0.05) is 12.0 Å². The molecule has 1 unspecified atom stereocenters. The van der Waals surface area contributed by atoms with Gasteiger partial charge in [0.05, 0.1) is 12.1 Å². The summed E-state index contributed by atoms with van der Waals surface area (Å²) in [5.74, 6) is 0.864. The van der Waals surface area contributed by atoms with Crippen molar-refractivity contribution in [2.24, 2.45) is 11.7 Å². The van der Waals surface area contributed by atoms with Gasteiger partial charge in [-0.05, 0) is 25.8 Å². The van der Waals surface area contributed by atoms with E-state index in [1.165, 1.54) is 0 Å². The second-order valence-corrected chi connectivity index (χ2v) is 6.43. The predicted molar refractivity (Wildman–Crippen MR) is 79.5 cm³/mol. The zero-order valence-electron chi connectivity index (χ0n) is 12.6. The van der Waals surface area contributed by atoms with Crippen molar-refractivity contribution in [2.75, 3.05) is 0 Å². The Kier molecular flexibility index (Phi) is 4.04. The first-order valence-corrected chi connectivity index (χ1v) is 7.14. The summed E-state index contributed by atoms with van der Waals surface area (Å²) in [6.45, 7) is 7.97. The van der Waals surface area contributed by atoms with E-state index < -0.39 is 6.04 Å². The summed E-state index contributed by atoms with van der Waals surface area (Å²) in [6.07, 6.45) is 0.737. The molecule has 4 heteroatoms. The first kappa shape index (κ1) is 14.9. The van der Waals surface area contributed by atoms with Crippen molar-refractivity contribution >= 4 is 5.91 Å². The van der Waals surface area contributed by atoms with Crippen molar-refractivity contribution in [2.45, 2.75) is 51.8 Å². The summed E-state index contributed by atoms with van der Waals surface area (Å²) < 4.78 is 5.96. The third kappa shape index (κ3) is 3.12. The fraction of sp³-hybridized carbons (Fsp3) is 0.562. The number of nitrogens with one attached hydrogen (secondary N) is 1. The molecule has 0 spiro atoms. The molecule has 4 nitrogen and oxygen atoms in total. The van der Waals surface area contributed by atoms with Gasteiger partial charge in [-0.15, -0.1) is 0 Å². The number of carbonyl (C=O) groups is 1. The van der Waals surface area contributed by atoms with Gasteiger partial charge in [-0.25, -0.2) is 0 Å².